The zero-order valence-electron chi connectivity index (χ0n) is 7.51. The summed E-state index contributed by atoms with van der Waals surface area (Å²) in [4.78, 5) is 0. The molecule has 0 aromatic rings. The van der Waals surface area contributed by atoms with Crippen LogP contribution in [0, 0.1) is 0 Å². The van der Waals surface area contributed by atoms with Gasteiger partial charge in [0.05, 0.1) is 0 Å². The van der Waals surface area contributed by atoms with Crippen molar-refractivity contribution in [2.75, 3.05) is 4.66 Å². The van der Waals surface area contributed by atoms with Crippen LogP contribution in [0.3, 0.4) is 0 Å². The molecule has 0 fully saturated rings. The molecule has 0 aromatic carbocycles. The van der Waals surface area contributed by atoms with Gasteiger partial charge >= 0.3 is 0 Å². The van der Waals surface area contributed by atoms with Gasteiger partial charge in [0.15, 0.2) is 0 Å². The number of hydrogen-bond donors (Lipinski definition) is 1. The minimum absolute atomic E-state index is 0.0137. The van der Waals surface area contributed by atoms with E-state index in [0.29, 0.717) is 0 Å². The molecule has 0 aliphatic rings. The van der Waals surface area contributed by atoms with Gasteiger partial charge in [-0.1, -0.05) is 36.2 Å². The third-order valence-electron chi connectivity index (χ3n) is 1.62. The molecule has 5 heteroatoms. The molecular formula is C7H16BrNO2S. The molecule has 0 bridgehead atoms. The van der Waals surface area contributed by atoms with Crippen molar-refractivity contribution in [3.8, 4) is 0 Å². The second kappa shape index (κ2) is 5.94. The molecule has 0 aromatic heterocycles. The Morgan fingerprint density at radius 1 is 1.42 bits per heavy atom. The summed E-state index contributed by atoms with van der Waals surface area (Å²) in [5.41, 5.74) is 0. The quantitative estimate of drug-likeness (QED) is 0.739. The summed E-state index contributed by atoms with van der Waals surface area (Å²) in [5.74, 6) is 0. The van der Waals surface area contributed by atoms with E-state index in [2.05, 4.69) is 20.7 Å². The Bertz CT molecular complexity index is 203. The SMILES string of the molecule is CCCC(CC)NS(=O)(=O)CBr. The first kappa shape index (κ1) is 12.4. The lowest BCUT2D eigenvalue weighted by Crippen LogP contribution is -2.34. The first-order valence-electron chi connectivity index (χ1n) is 4.11. The minimum Gasteiger partial charge on any atom is -0.212 e. The Kier molecular flexibility index (Phi) is 6.13. The van der Waals surface area contributed by atoms with Crippen molar-refractivity contribution in [3.63, 3.8) is 0 Å². The molecule has 0 heterocycles. The summed E-state index contributed by atoms with van der Waals surface area (Å²) in [6, 6.07) is 0.0950. The summed E-state index contributed by atoms with van der Waals surface area (Å²) in [6.07, 6.45) is 2.76. The van der Waals surface area contributed by atoms with Crippen molar-refractivity contribution in [2.24, 2.45) is 0 Å². The lowest BCUT2D eigenvalue weighted by molar-refractivity contribution is 0.515. The molecule has 1 atom stereocenters. The lowest BCUT2D eigenvalue weighted by atomic mass is 10.1. The number of sulfonamides is 1. The van der Waals surface area contributed by atoms with Crippen molar-refractivity contribution in [1.29, 1.82) is 0 Å². The van der Waals surface area contributed by atoms with Gasteiger partial charge in [-0.3, -0.25) is 0 Å². The van der Waals surface area contributed by atoms with Crippen LogP contribution in [0.5, 0.6) is 0 Å². The van der Waals surface area contributed by atoms with Gasteiger partial charge in [0, 0.05) is 6.04 Å². The Balaban J connectivity index is 4.02. The van der Waals surface area contributed by atoms with Crippen LogP contribution in [-0.4, -0.2) is 19.1 Å². The average molecular weight is 258 g/mol. The highest BCUT2D eigenvalue weighted by molar-refractivity contribution is 9.10. The molecule has 3 nitrogen and oxygen atoms in total. The maximum Gasteiger partial charge on any atom is 0.221 e. The summed E-state index contributed by atoms with van der Waals surface area (Å²) >= 11 is 2.93. The molecule has 0 saturated carbocycles. The van der Waals surface area contributed by atoms with Crippen LogP contribution >= 0.6 is 15.9 Å². The maximum atomic E-state index is 11.1. The Labute approximate surface area is 83.1 Å². The van der Waals surface area contributed by atoms with Crippen LogP contribution in [0.2, 0.25) is 0 Å². The van der Waals surface area contributed by atoms with Crippen LogP contribution in [-0.2, 0) is 10.0 Å². The molecule has 0 aliphatic carbocycles. The third-order valence-corrected chi connectivity index (χ3v) is 4.41. The predicted molar refractivity (Wildman–Crippen MR) is 54.8 cm³/mol. The standard InChI is InChI=1S/C7H16BrNO2S/c1-3-5-7(4-2)9-12(10,11)6-8/h7,9H,3-6H2,1-2H3. The fourth-order valence-electron chi connectivity index (χ4n) is 0.980. The number of halogens is 1. The number of nitrogens with one attached hydrogen (secondary N) is 1. The molecule has 0 spiro atoms. The Morgan fingerprint density at radius 2 is 2.00 bits per heavy atom. The molecule has 0 aliphatic heterocycles. The highest BCUT2D eigenvalue weighted by Gasteiger charge is 2.13. The van der Waals surface area contributed by atoms with Crippen LogP contribution in [0.25, 0.3) is 0 Å². The van der Waals surface area contributed by atoms with Gasteiger partial charge in [-0.2, -0.15) is 0 Å². The number of rotatable bonds is 6. The zero-order valence-corrected chi connectivity index (χ0v) is 9.91. The molecule has 0 saturated heterocycles. The van der Waals surface area contributed by atoms with E-state index < -0.39 is 10.0 Å². The van der Waals surface area contributed by atoms with Gasteiger partial charge < -0.3 is 0 Å². The van der Waals surface area contributed by atoms with Crippen molar-refractivity contribution in [3.05, 3.63) is 0 Å². The topological polar surface area (TPSA) is 46.2 Å². The lowest BCUT2D eigenvalue weighted by Gasteiger charge is -2.14. The van der Waals surface area contributed by atoms with Crippen LogP contribution in [0.1, 0.15) is 33.1 Å². The van der Waals surface area contributed by atoms with Crippen molar-refractivity contribution in [2.45, 2.75) is 39.2 Å². The van der Waals surface area contributed by atoms with Crippen LogP contribution in [0.15, 0.2) is 0 Å². The van der Waals surface area contributed by atoms with Crippen molar-refractivity contribution < 1.29 is 8.42 Å². The largest absolute Gasteiger partial charge is 0.221 e. The van der Waals surface area contributed by atoms with Crippen molar-refractivity contribution >= 4 is 26.0 Å². The fraction of sp³-hybridized carbons (Fsp3) is 1.00. The first-order chi connectivity index (χ1) is 5.55. The van der Waals surface area contributed by atoms with Gasteiger partial charge in [-0.05, 0) is 12.8 Å². The van der Waals surface area contributed by atoms with Gasteiger partial charge in [0.25, 0.3) is 0 Å². The van der Waals surface area contributed by atoms with Gasteiger partial charge in [-0.25, -0.2) is 13.1 Å². The van der Waals surface area contributed by atoms with Crippen LogP contribution in [0.4, 0.5) is 0 Å². The molecular weight excluding hydrogens is 242 g/mol. The molecule has 0 radical (unpaired) electrons. The molecule has 1 unspecified atom stereocenters. The highest BCUT2D eigenvalue weighted by atomic mass is 79.9. The summed E-state index contributed by atoms with van der Waals surface area (Å²) < 4.78 is 24.8. The van der Waals surface area contributed by atoms with E-state index in [9.17, 15) is 8.42 Å². The molecule has 0 rings (SSSR count). The van der Waals surface area contributed by atoms with E-state index in [4.69, 9.17) is 0 Å². The normalized spacial score (nSPS) is 14.6. The zero-order chi connectivity index (χ0) is 9.61. The number of alkyl halides is 1. The van der Waals surface area contributed by atoms with E-state index in [0.717, 1.165) is 19.3 Å². The number of hydrogen-bond acceptors (Lipinski definition) is 2. The van der Waals surface area contributed by atoms with Crippen LogP contribution < -0.4 is 4.72 Å². The second-order valence-corrected chi connectivity index (χ2v) is 5.79. The Hall–Kier alpha value is 0.390. The summed E-state index contributed by atoms with van der Waals surface area (Å²) in [5, 5.41) is 0. The average Bonchev–Trinajstić information content (AvgIpc) is 2.03. The molecule has 74 valence electrons. The predicted octanol–water partition coefficient (Wildman–Crippen LogP) is 1.84. The Morgan fingerprint density at radius 3 is 2.33 bits per heavy atom. The smallest absolute Gasteiger partial charge is 0.212 e. The molecule has 1 N–H and O–H groups in total. The van der Waals surface area contributed by atoms with Gasteiger partial charge in [0.2, 0.25) is 10.0 Å². The summed E-state index contributed by atoms with van der Waals surface area (Å²) in [7, 11) is -3.09. The van der Waals surface area contributed by atoms with E-state index >= 15 is 0 Å². The van der Waals surface area contributed by atoms with Gasteiger partial charge in [0.1, 0.15) is 4.66 Å². The summed E-state index contributed by atoms with van der Waals surface area (Å²) in [6.45, 7) is 4.03. The third kappa shape index (κ3) is 5.11. The molecule has 0 amide bonds. The maximum absolute atomic E-state index is 11.1. The van der Waals surface area contributed by atoms with E-state index in [1.807, 2.05) is 13.8 Å². The molecule has 12 heavy (non-hydrogen) atoms. The van der Waals surface area contributed by atoms with E-state index in [-0.39, 0.29) is 10.7 Å². The van der Waals surface area contributed by atoms with E-state index in [1.165, 1.54) is 0 Å². The fourth-order valence-corrected chi connectivity index (χ4v) is 2.23. The first-order valence-corrected chi connectivity index (χ1v) is 6.89. The monoisotopic (exact) mass is 257 g/mol. The minimum atomic E-state index is -3.09. The van der Waals surface area contributed by atoms with Gasteiger partial charge in [-0.15, -0.1) is 0 Å². The highest BCUT2D eigenvalue weighted by Crippen LogP contribution is 2.04. The second-order valence-electron chi connectivity index (χ2n) is 2.74. The van der Waals surface area contributed by atoms with Crippen molar-refractivity contribution in [1.82, 2.24) is 4.72 Å². The van der Waals surface area contributed by atoms with E-state index in [1.54, 1.807) is 0 Å².